The third-order valence-electron chi connectivity index (χ3n) is 3.70. The molecule has 0 heterocycles. The van der Waals surface area contributed by atoms with Crippen molar-refractivity contribution < 1.29 is 4.39 Å². The van der Waals surface area contributed by atoms with Crippen LogP contribution in [0.15, 0.2) is 18.2 Å². The summed E-state index contributed by atoms with van der Waals surface area (Å²) >= 11 is 0. The van der Waals surface area contributed by atoms with Gasteiger partial charge in [0.2, 0.25) is 0 Å². The summed E-state index contributed by atoms with van der Waals surface area (Å²) in [5, 5.41) is 3.56. The van der Waals surface area contributed by atoms with E-state index in [0.29, 0.717) is 6.04 Å². The van der Waals surface area contributed by atoms with Crippen molar-refractivity contribution in [3.8, 4) is 0 Å². The maximum Gasteiger partial charge on any atom is 0.123 e. The Morgan fingerprint density at radius 2 is 1.75 bits per heavy atom. The first-order valence-corrected chi connectivity index (χ1v) is 8.17. The number of nitrogens with one attached hydrogen (secondary N) is 1. The summed E-state index contributed by atoms with van der Waals surface area (Å²) in [5.74, 6) is -0.116. The number of halogens is 1. The van der Waals surface area contributed by atoms with Gasteiger partial charge in [-0.15, -0.1) is 0 Å². The maximum atomic E-state index is 13.6. The molecule has 20 heavy (non-hydrogen) atoms. The van der Waals surface area contributed by atoms with Crippen molar-refractivity contribution in [2.24, 2.45) is 0 Å². The first-order chi connectivity index (χ1) is 9.67. The number of hydrogen-bond donors (Lipinski definition) is 1. The van der Waals surface area contributed by atoms with E-state index >= 15 is 0 Å². The van der Waals surface area contributed by atoms with Gasteiger partial charge in [0.1, 0.15) is 5.82 Å². The summed E-state index contributed by atoms with van der Waals surface area (Å²) in [5.41, 5.74) is 2.11. The van der Waals surface area contributed by atoms with Crippen LogP contribution in [-0.2, 0) is 0 Å². The van der Waals surface area contributed by atoms with Crippen molar-refractivity contribution in [1.82, 2.24) is 5.32 Å². The van der Waals surface area contributed by atoms with Crippen molar-refractivity contribution in [2.75, 3.05) is 6.54 Å². The van der Waals surface area contributed by atoms with Crippen LogP contribution >= 0.6 is 0 Å². The molecule has 0 aliphatic heterocycles. The van der Waals surface area contributed by atoms with Crippen molar-refractivity contribution in [2.45, 2.75) is 71.8 Å². The van der Waals surface area contributed by atoms with Gasteiger partial charge in [-0.2, -0.15) is 0 Å². The first kappa shape index (κ1) is 17.2. The van der Waals surface area contributed by atoms with Crippen LogP contribution in [0.2, 0.25) is 0 Å². The van der Waals surface area contributed by atoms with E-state index in [4.69, 9.17) is 0 Å². The summed E-state index contributed by atoms with van der Waals surface area (Å²) in [4.78, 5) is 0. The molecule has 1 nitrogen and oxygen atoms in total. The Morgan fingerprint density at radius 1 is 1.00 bits per heavy atom. The molecule has 0 spiro atoms. The van der Waals surface area contributed by atoms with E-state index in [1.165, 1.54) is 32.1 Å². The lowest BCUT2D eigenvalue weighted by molar-refractivity contribution is 0.465. The Balaban J connectivity index is 2.58. The number of unbranched alkanes of at least 4 members (excludes halogenated alkanes) is 4. The highest BCUT2D eigenvalue weighted by molar-refractivity contribution is 5.26. The zero-order valence-corrected chi connectivity index (χ0v) is 13.3. The highest BCUT2D eigenvalue weighted by atomic mass is 19.1. The molecule has 0 fully saturated rings. The van der Waals surface area contributed by atoms with Crippen LogP contribution in [0.3, 0.4) is 0 Å². The average molecular weight is 279 g/mol. The lowest BCUT2D eigenvalue weighted by Gasteiger charge is -2.19. The van der Waals surface area contributed by atoms with Crippen LogP contribution in [0.5, 0.6) is 0 Å². The van der Waals surface area contributed by atoms with Crippen molar-refractivity contribution >= 4 is 0 Å². The molecule has 0 aliphatic rings. The fraction of sp³-hybridized carbons (Fsp3) is 0.667. The van der Waals surface area contributed by atoms with Crippen molar-refractivity contribution in [1.29, 1.82) is 0 Å². The van der Waals surface area contributed by atoms with Gasteiger partial charge in [-0.25, -0.2) is 4.39 Å². The number of benzene rings is 1. The predicted molar refractivity (Wildman–Crippen MR) is 85.5 cm³/mol. The molecule has 1 aromatic rings. The van der Waals surface area contributed by atoms with Crippen LogP contribution in [0, 0.1) is 12.7 Å². The Morgan fingerprint density at radius 3 is 2.40 bits per heavy atom. The highest BCUT2D eigenvalue weighted by Crippen LogP contribution is 2.22. The molecule has 0 amide bonds. The zero-order chi connectivity index (χ0) is 14.8. The van der Waals surface area contributed by atoms with Gasteiger partial charge in [-0.3, -0.25) is 0 Å². The normalized spacial score (nSPS) is 12.6. The molecule has 0 radical (unpaired) electrons. The summed E-state index contributed by atoms with van der Waals surface area (Å²) < 4.78 is 13.6. The fourth-order valence-corrected chi connectivity index (χ4v) is 2.62. The molecule has 0 saturated carbocycles. The van der Waals surface area contributed by atoms with Crippen LogP contribution in [0.4, 0.5) is 4.39 Å². The molecule has 1 N–H and O–H groups in total. The van der Waals surface area contributed by atoms with E-state index in [1.54, 1.807) is 12.1 Å². The largest absolute Gasteiger partial charge is 0.310 e. The fourth-order valence-electron chi connectivity index (χ4n) is 2.62. The average Bonchev–Trinajstić information content (AvgIpc) is 2.40. The van der Waals surface area contributed by atoms with Crippen LogP contribution < -0.4 is 5.32 Å². The van der Waals surface area contributed by atoms with Gasteiger partial charge in [0.25, 0.3) is 0 Å². The molecular formula is C18H30FN. The lowest BCUT2D eigenvalue weighted by atomic mass is 9.98. The van der Waals surface area contributed by atoms with Gasteiger partial charge in [-0.1, -0.05) is 52.0 Å². The summed E-state index contributed by atoms with van der Waals surface area (Å²) in [6.45, 7) is 7.36. The Hall–Kier alpha value is -0.890. The molecule has 0 aromatic heterocycles. The second-order valence-corrected chi connectivity index (χ2v) is 5.77. The maximum absolute atomic E-state index is 13.6. The summed E-state index contributed by atoms with van der Waals surface area (Å²) in [6.07, 6.45) is 8.64. The van der Waals surface area contributed by atoms with Crippen LogP contribution in [0.25, 0.3) is 0 Å². The van der Waals surface area contributed by atoms with Gasteiger partial charge in [0.15, 0.2) is 0 Å². The second-order valence-electron chi connectivity index (χ2n) is 5.77. The molecule has 1 atom stereocenters. The van der Waals surface area contributed by atoms with E-state index < -0.39 is 0 Å². The lowest BCUT2D eigenvalue weighted by Crippen LogP contribution is -2.22. The molecule has 0 bridgehead atoms. The van der Waals surface area contributed by atoms with E-state index in [1.807, 2.05) is 6.92 Å². The first-order valence-electron chi connectivity index (χ1n) is 8.17. The number of rotatable bonds is 10. The SMILES string of the molecule is CCCCCCCC(NCCC)c1cc(C)cc(F)c1. The van der Waals surface area contributed by atoms with E-state index in [-0.39, 0.29) is 5.82 Å². The minimum atomic E-state index is -0.116. The molecule has 1 unspecified atom stereocenters. The van der Waals surface area contributed by atoms with E-state index in [2.05, 4.69) is 25.2 Å². The number of hydrogen-bond acceptors (Lipinski definition) is 1. The van der Waals surface area contributed by atoms with E-state index in [0.717, 1.165) is 30.5 Å². The molecule has 0 aliphatic carbocycles. The Kier molecular flexibility index (Phi) is 8.52. The predicted octanol–water partition coefficient (Wildman–Crippen LogP) is 5.54. The Bertz CT molecular complexity index is 355. The molecule has 1 rings (SSSR count). The quantitative estimate of drug-likeness (QED) is 0.555. The van der Waals surface area contributed by atoms with Gasteiger partial charge in [0, 0.05) is 6.04 Å². The molecule has 0 saturated heterocycles. The van der Waals surface area contributed by atoms with Crippen molar-refractivity contribution in [3.63, 3.8) is 0 Å². The zero-order valence-electron chi connectivity index (χ0n) is 13.3. The number of aryl methyl sites for hydroxylation is 1. The van der Waals surface area contributed by atoms with Gasteiger partial charge in [0.05, 0.1) is 0 Å². The van der Waals surface area contributed by atoms with Gasteiger partial charge in [-0.05, 0) is 49.6 Å². The third kappa shape index (κ3) is 6.51. The van der Waals surface area contributed by atoms with Gasteiger partial charge < -0.3 is 5.32 Å². The van der Waals surface area contributed by atoms with Gasteiger partial charge >= 0.3 is 0 Å². The van der Waals surface area contributed by atoms with E-state index in [9.17, 15) is 4.39 Å². The molecule has 2 heteroatoms. The van der Waals surface area contributed by atoms with Crippen LogP contribution in [0.1, 0.15) is 76.0 Å². The third-order valence-corrected chi connectivity index (χ3v) is 3.70. The summed E-state index contributed by atoms with van der Waals surface area (Å²) in [6, 6.07) is 5.70. The molecule has 1 aromatic carbocycles. The van der Waals surface area contributed by atoms with Crippen LogP contribution in [-0.4, -0.2) is 6.54 Å². The smallest absolute Gasteiger partial charge is 0.123 e. The summed E-state index contributed by atoms with van der Waals surface area (Å²) in [7, 11) is 0. The monoisotopic (exact) mass is 279 g/mol. The topological polar surface area (TPSA) is 12.0 Å². The minimum absolute atomic E-state index is 0.116. The molecule has 114 valence electrons. The van der Waals surface area contributed by atoms with Crippen molar-refractivity contribution in [3.05, 3.63) is 35.1 Å². The highest BCUT2D eigenvalue weighted by Gasteiger charge is 2.11. The Labute approximate surface area is 124 Å². The standard InChI is InChI=1S/C18H30FN/c1-4-6-7-8-9-10-18(20-11-5-2)16-12-15(3)13-17(19)14-16/h12-14,18,20H,4-11H2,1-3H3. The second kappa shape index (κ2) is 9.93. The minimum Gasteiger partial charge on any atom is -0.310 e. The molecular weight excluding hydrogens is 249 g/mol.